The topological polar surface area (TPSA) is 118 Å². The summed E-state index contributed by atoms with van der Waals surface area (Å²) in [6.45, 7) is 4.35. The fourth-order valence-corrected chi connectivity index (χ4v) is 3.49. The van der Waals surface area contributed by atoms with E-state index in [4.69, 9.17) is 0 Å². The molecule has 0 bridgehead atoms. The Morgan fingerprint density at radius 2 is 1.34 bits per heavy atom. The lowest BCUT2D eigenvalue weighted by Crippen LogP contribution is -2.35. The predicted octanol–water partition coefficient (Wildman–Crippen LogP) is 5.49. The van der Waals surface area contributed by atoms with Crippen LogP contribution in [0.3, 0.4) is 0 Å². The van der Waals surface area contributed by atoms with E-state index < -0.39 is 12.0 Å². The second-order valence-electron chi connectivity index (χ2n) is 9.53. The summed E-state index contributed by atoms with van der Waals surface area (Å²) in [6, 6.07) is 0. The summed E-state index contributed by atoms with van der Waals surface area (Å²) < 4.78 is 0.585. The van der Waals surface area contributed by atoms with Crippen LogP contribution in [-0.2, 0) is 4.79 Å². The second kappa shape index (κ2) is 24.1. The van der Waals surface area contributed by atoms with Gasteiger partial charge in [0.15, 0.2) is 5.69 Å². The van der Waals surface area contributed by atoms with Crippen LogP contribution in [0.2, 0.25) is 0 Å². The van der Waals surface area contributed by atoms with E-state index in [1.54, 1.807) is 6.92 Å². The summed E-state index contributed by atoms with van der Waals surface area (Å²) in [5.41, 5.74) is 0.427. The summed E-state index contributed by atoms with van der Waals surface area (Å²) >= 11 is 0. The van der Waals surface area contributed by atoms with Gasteiger partial charge in [0.25, 0.3) is 5.91 Å². The molecular formula is C33H48N4O4. The van der Waals surface area contributed by atoms with Crippen LogP contribution in [0.25, 0.3) is 0 Å². The van der Waals surface area contributed by atoms with E-state index in [1.807, 2.05) is 6.08 Å². The van der Waals surface area contributed by atoms with Gasteiger partial charge in [0.1, 0.15) is 0 Å². The first kappa shape index (κ1) is 35.2. The molecule has 1 aromatic rings. The number of hydrogen-bond donors (Lipinski definition) is 3. The van der Waals surface area contributed by atoms with Gasteiger partial charge in [-0.1, -0.05) is 79.8 Å². The lowest BCUT2D eigenvalue weighted by atomic mass is 10.2. The van der Waals surface area contributed by atoms with E-state index in [2.05, 4.69) is 89.4 Å². The standard InChI is InChI=1S/C33H48N4O4/c1-3-4-5-6-7-8-9-10-11-12-13-14-15-16-17-18-19-20-21-22-32(39)34-25-23-30(38)24-26-35-33(40)31-28-37(41)29(2)27-36-31/h4-5,7-8,10-11,13-14,16-17,19-20,27-28,30,38H,3,6,9,12,15,18,21-26H2,1-2H3,(H,34,39)(H,35,40)/b5-4-,8-7-,11-10-,14-13-,17-16-,20-19-. The van der Waals surface area contributed by atoms with Crippen molar-refractivity contribution in [2.24, 2.45) is 0 Å². The Hall–Kier alpha value is -3.78. The smallest absolute Gasteiger partial charge is 0.276 e. The number of allylic oxidation sites excluding steroid dienone is 12. The van der Waals surface area contributed by atoms with Crippen molar-refractivity contribution in [2.45, 2.75) is 84.2 Å². The summed E-state index contributed by atoms with van der Waals surface area (Å²) in [6.07, 6.45) is 35.2. The van der Waals surface area contributed by atoms with Crippen molar-refractivity contribution in [3.63, 3.8) is 0 Å². The van der Waals surface area contributed by atoms with Gasteiger partial charge >= 0.3 is 0 Å². The quantitative estimate of drug-likeness (QED) is 0.104. The van der Waals surface area contributed by atoms with Crippen molar-refractivity contribution in [2.75, 3.05) is 13.1 Å². The highest BCUT2D eigenvalue weighted by molar-refractivity contribution is 5.91. The lowest BCUT2D eigenvalue weighted by molar-refractivity contribution is -0.613. The van der Waals surface area contributed by atoms with E-state index in [9.17, 15) is 19.9 Å². The van der Waals surface area contributed by atoms with E-state index in [0.29, 0.717) is 42.7 Å². The fraction of sp³-hybridized carbons (Fsp3) is 0.455. The normalized spacial score (nSPS) is 13.0. The molecule has 1 unspecified atom stereocenters. The van der Waals surface area contributed by atoms with E-state index in [1.165, 1.54) is 6.20 Å². The zero-order valence-corrected chi connectivity index (χ0v) is 24.7. The molecule has 1 aromatic heterocycles. The lowest BCUT2D eigenvalue weighted by Gasteiger charge is -2.12. The second-order valence-corrected chi connectivity index (χ2v) is 9.53. The average Bonchev–Trinajstić information content (AvgIpc) is 2.95. The third kappa shape index (κ3) is 19.9. The summed E-state index contributed by atoms with van der Waals surface area (Å²) in [7, 11) is 0. The maximum atomic E-state index is 12.0. The molecule has 1 atom stereocenters. The van der Waals surface area contributed by atoms with E-state index in [-0.39, 0.29) is 18.1 Å². The van der Waals surface area contributed by atoms with Crippen molar-refractivity contribution >= 4 is 11.8 Å². The Kier molecular flexibility index (Phi) is 20.7. The number of amides is 2. The summed E-state index contributed by atoms with van der Waals surface area (Å²) in [4.78, 5) is 27.9. The minimum Gasteiger partial charge on any atom is -0.618 e. The van der Waals surface area contributed by atoms with Crippen LogP contribution >= 0.6 is 0 Å². The van der Waals surface area contributed by atoms with Crippen LogP contribution in [0.5, 0.6) is 0 Å². The minimum atomic E-state index is -0.658. The van der Waals surface area contributed by atoms with Gasteiger partial charge in [-0.15, -0.1) is 0 Å². The summed E-state index contributed by atoms with van der Waals surface area (Å²) in [5, 5.41) is 27.0. The van der Waals surface area contributed by atoms with Gasteiger partial charge in [-0.3, -0.25) is 9.59 Å². The largest absolute Gasteiger partial charge is 0.618 e. The maximum absolute atomic E-state index is 12.0. The van der Waals surface area contributed by atoms with Crippen molar-refractivity contribution in [3.8, 4) is 0 Å². The van der Waals surface area contributed by atoms with Crippen LogP contribution in [0, 0.1) is 12.1 Å². The molecule has 8 heteroatoms. The van der Waals surface area contributed by atoms with Crippen LogP contribution < -0.4 is 15.4 Å². The number of rotatable bonds is 21. The third-order valence-electron chi connectivity index (χ3n) is 5.91. The van der Waals surface area contributed by atoms with Crippen LogP contribution in [-0.4, -0.2) is 41.1 Å². The minimum absolute atomic E-state index is 0.0271. The Balaban J connectivity index is 2.01. The highest BCUT2D eigenvalue weighted by Crippen LogP contribution is 2.00. The third-order valence-corrected chi connectivity index (χ3v) is 5.91. The molecule has 0 aliphatic heterocycles. The van der Waals surface area contributed by atoms with E-state index in [0.717, 1.165) is 44.7 Å². The van der Waals surface area contributed by atoms with Gasteiger partial charge in [0, 0.05) is 26.4 Å². The molecule has 224 valence electrons. The number of hydrogen-bond acceptors (Lipinski definition) is 5. The molecule has 2 amide bonds. The van der Waals surface area contributed by atoms with Gasteiger partial charge in [-0.25, -0.2) is 4.98 Å². The Bertz CT molecular complexity index is 1060. The zero-order valence-electron chi connectivity index (χ0n) is 24.7. The number of nitrogens with zero attached hydrogens (tertiary/aromatic N) is 2. The Morgan fingerprint density at radius 3 is 1.85 bits per heavy atom. The number of aliphatic hydroxyl groups excluding tert-OH is 1. The molecule has 0 aromatic carbocycles. The average molecular weight is 565 g/mol. The van der Waals surface area contributed by atoms with Gasteiger partial charge in [0.2, 0.25) is 17.8 Å². The first-order valence-corrected chi connectivity index (χ1v) is 14.6. The highest BCUT2D eigenvalue weighted by atomic mass is 16.5. The van der Waals surface area contributed by atoms with Crippen LogP contribution in [0.15, 0.2) is 85.3 Å². The molecule has 41 heavy (non-hydrogen) atoms. The monoisotopic (exact) mass is 564 g/mol. The molecule has 0 fully saturated rings. The number of aryl methyl sites for hydroxylation is 1. The van der Waals surface area contributed by atoms with Gasteiger partial charge < -0.3 is 20.9 Å². The van der Waals surface area contributed by atoms with E-state index >= 15 is 0 Å². The summed E-state index contributed by atoms with van der Waals surface area (Å²) in [5.74, 6) is -0.522. The number of carbonyl (C=O) groups is 2. The molecule has 1 rings (SSSR count). The van der Waals surface area contributed by atoms with Crippen molar-refractivity contribution in [1.82, 2.24) is 15.6 Å². The molecule has 0 spiro atoms. The van der Waals surface area contributed by atoms with Gasteiger partial charge in [-0.05, 0) is 57.8 Å². The first-order chi connectivity index (χ1) is 19.9. The number of aromatic nitrogens is 2. The van der Waals surface area contributed by atoms with Gasteiger partial charge in [0.05, 0.1) is 12.3 Å². The molecule has 3 N–H and O–H groups in total. The molecule has 0 saturated heterocycles. The van der Waals surface area contributed by atoms with Gasteiger partial charge in [-0.2, -0.15) is 4.73 Å². The maximum Gasteiger partial charge on any atom is 0.276 e. The number of aliphatic hydroxyl groups is 1. The van der Waals surface area contributed by atoms with Crippen molar-refractivity contribution in [1.29, 1.82) is 0 Å². The first-order valence-electron chi connectivity index (χ1n) is 14.6. The molecule has 1 heterocycles. The molecular weight excluding hydrogens is 516 g/mol. The molecule has 0 saturated carbocycles. The number of carbonyl (C=O) groups excluding carboxylic acids is 2. The van der Waals surface area contributed by atoms with Crippen LogP contribution in [0.4, 0.5) is 0 Å². The fourth-order valence-electron chi connectivity index (χ4n) is 3.49. The Labute approximate surface area is 245 Å². The SMILES string of the molecule is CC/C=C\C/C=C\C/C=C\C/C=C\C/C=C\C/C=C\CCC(=O)NCCC(O)CCNC(=O)c1c[n+]([O-])c(C)cn1. The molecule has 0 aliphatic rings. The molecule has 8 nitrogen and oxygen atoms in total. The zero-order chi connectivity index (χ0) is 30.0. The molecule has 0 aliphatic carbocycles. The highest BCUT2D eigenvalue weighted by Gasteiger charge is 2.13. The predicted molar refractivity (Wildman–Crippen MR) is 166 cm³/mol. The van der Waals surface area contributed by atoms with Crippen molar-refractivity contribution in [3.05, 3.63) is 102 Å². The molecule has 0 radical (unpaired) electrons. The van der Waals surface area contributed by atoms with Crippen LogP contribution in [0.1, 0.15) is 87.3 Å². The number of nitrogens with one attached hydrogen (secondary N) is 2. The Morgan fingerprint density at radius 1 is 0.854 bits per heavy atom. The van der Waals surface area contributed by atoms with Crippen molar-refractivity contribution < 1.29 is 19.4 Å².